The Kier molecular flexibility index (Phi) is 7.98. The van der Waals surface area contributed by atoms with Crippen LogP contribution in [0.3, 0.4) is 0 Å². The van der Waals surface area contributed by atoms with Crippen molar-refractivity contribution in [3.05, 3.63) is 11.5 Å². The van der Waals surface area contributed by atoms with E-state index in [1.807, 2.05) is 19.9 Å². The van der Waals surface area contributed by atoms with Gasteiger partial charge in [-0.25, -0.2) is 0 Å². The van der Waals surface area contributed by atoms with Crippen molar-refractivity contribution in [1.29, 1.82) is 0 Å². The zero-order valence-electron chi connectivity index (χ0n) is 14.8. The molecule has 0 amide bonds. The van der Waals surface area contributed by atoms with Crippen LogP contribution in [0.15, 0.2) is 11.5 Å². The van der Waals surface area contributed by atoms with Crippen LogP contribution in [-0.4, -0.2) is 31.6 Å². The second kappa shape index (κ2) is 8.19. The van der Waals surface area contributed by atoms with Gasteiger partial charge in [-0.15, -0.1) is 11.8 Å². The van der Waals surface area contributed by atoms with E-state index < -0.39 is 15.4 Å². The summed E-state index contributed by atoms with van der Waals surface area (Å²) in [4.78, 5) is 0. The standard InChI is InChI=1S/C16H31BO3Si/c1-9-10-11-15(13(2)12-14(3)17(18)19)20-21(7,8)16(4,5)6/h12-13,15,18-19H,11H2,1-8H3/b14-12+/t13-,15+/m1/s1. The predicted molar refractivity (Wildman–Crippen MR) is 93.2 cm³/mol. The Bertz CT molecular complexity index is 413. The summed E-state index contributed by atoms with van der Waals surface area (Å²) in [7, 11) is -3.29. The molecule has 0 aromatic heterocycles. The highest BCUT2D eigenvalue weighted by atomic mass is 28.4. The lowest BCUT2D eigenvalue weighted by atomic mass is 9.78. The van der Waals surface area contributed by atoms with Crippen LogP contribution in [0.5, 0.6) is 0 Å². The third kappa shape index (κ3) is 6.84. The molecular formula is C16H31BO3Si. The van der Waals surface area contributed by atoms with Gasteiger partial charge in [0, 0.05) is 6.42 Å². The Morgan fingerprint density at radius 1 is 1.33 bits per heavy atom. The second-order valence-corrected chi connectivity index (χ2v) is 11.9. The van der Waals surface area contributed by atoms with E-state index in [1.165, 1.54) is 0 Å². The normalized spacial score (nSPS) is 16.0. The third-order valence-electron chi connectivity index (χ3n) is 4.25. The van der Waals surface area contributed by atoms with Gasteiger partial charge in [0.25, 0.3) is 0 Å². The van der Waals surface area contributed by atoms with Crippen LogP contribution in [0.2, 0.25) is 18.1 Å². The maximum absolute atomic E-state index is 9.22. The molecule has 2 atom stereocenters. The van der Waals surface area contributed by atoms with Gasteiger partial charge in [-0.05, 0) is 43.4 Å². The molecule has 0 saturated carbocycles. The summed E-state index contributed by atoms with van der Waals surface area (Å²) in [6.07, 6.45) is 2.52. The SMILES string of the molecule is CC#CC[C@H](O[Si](C)(C)C(C)(C)C)[C@H](C)/C=C(\C)B(O)O. The van der Waals surface area contributed by atoms with Crippen molar-refractivity contribution in [3.8, 4) is 11.8 Å². The van der Waals surface area contributed by atoms with Crippen LogP contribution < -0.4 is 0 Å². The lowest BCUT2D eigenvalue weighted by Gasteiger charge is -2.40. The molecule has 5 heteroatoms. The van der Waals surface area contributed by atoms with Gasteiger partial charge >= 0.3 is 7.12 Å². The smallest absolute Gasteiger partial charge is 0.423 e. The Morgan fingerprint density at radius 3 is 2.24 bits per heavy atom. The molecule has 0 fully saturated rings. The van der Waals surface area contributed by atoms with Crippen LogP contribution in [0.1, 0.15) is 48.0 Å². The lowest BCUT2D eigenvalue weighted by molar-refractivity contribution is 0.150. The summed E-state index contributed by atoms with van der Waals surface area (Å²) in [5.74, 6) is 6.10. The molecule has 0 aliphatic heterocycles. The molecule has 0 saturated heterocycles. The first-order chi connectivity index (χ1) is 9.42. The van der Waals surface area contributed by atoms with Gasteiger partial charge in [-0.3, -0.25) is 0 Å². The minimum absolute atomic E-state index is 0.0213. The molecule has 0 aromatic rings. The zero-order valence-corrected chi connectivity index (χ0v) is 15.8. The Hall–Kier alpha value is -0.538. The van der Waals surface area contributed by atoms with Crippen LogP contribution in [0, 0.1) is 17.8 Å². The van der Waals surface area contributed by atoms with Crippen molar-refractivity contribution in [1.82, 2.24) is 0 Å². The number of allylic oxidation sites excluding steroid dienone is 1. The molecule has 0 aliphatic carbocycles. The van der Waals surface area contributed by atoms with Crippen molar-refractivity contribution in [2.75, 3.05) is 0 Å². The van der Waals surface area contributed by atoms with Gasteiger partial charge in [-0.1, -0.05) is 33.8 Å². The largest absolute Gasteiger partial charge is 0.483 e. The molecule has 2 N–H and O–H groups in total. The van der Waals surface area contributed by atoms with Crippen molar-refractivity contribution in [3.63, 3.8) is 0 Å². The molecule has 0 aromatic carbocycles. The first kappa shape index (κ1) is 20.5. The van der Waals surface area contributed by atoms with Crippen LogP contribution in [0.25, 0.3) is 0 Å². The van der Waals surface area contributed by atoms with Crippen LogP contribution >= 0.6 is 0 Å². The zero-order chi connectivity index (χ0) is 16.8. The average Bonchev–Trinajstić information content (AvgIpc) is 2.32. The molecule has 0 spiro atoms. The fourth-order valence-electron chi connectivity index (χ4n) is 1.70. The van der Waals surface area contributed by atoms with E-state index in [4.69, 9.17) is 4.43 Å². The van der Waals surface area contributed by atoms with Crippen molar-refractivity contribution < 1.29 is 14.5 Å². The van der Waals surface area contributed by atoms with E-state index in [0.717, 1.165) is 0 Å². The molecule has 0 unspecified atom stereocenters. The van der Waals surface area contributed by atoms with Gasteiger partial charge in [0.15, 0.2) is 8.32 Å². The molecule has 3 nitrogen and oxygen atoms in total. The van der Waals surface area contributed by atoms with Gasteiger partial charge in [0.2, 0.25) is 0 Å². The third-order valence-corrected chi connectivity index (χ3v) is 8.76. The average molecular weight is 310 g/mol. The molecule has 120 valence electrons. The van der Waals surface area contributed by atoms with E-state index in [0.29, 0.717) is 11.9 Å². The van der Waals surface area contributed by atoms with E-state index in [-0.39, 0.29) is 17.1 Å². The van der Waals surface area contributed by atoms with Crippen LogP contribution in [0.4, 0.5) is 0 Å². The lowest BCUT2D eigenvalue weighted by Crippen LogP contribution is -2.45. The van der Waals surface area contributed by atoms with Crippen molar-refractivity contribution in [2.45, 2.75) is 72.2 Å². The van der Waals surface area contributed by atoms with Crippen molar-refractivity contribution in [2.24, 2.45) is 5.92 Å². The fourth-order valence-corrected chi connectivity index (χ4v) is 3.11. The van der Waals surface area contributed by atoms with Gasteiger partial charge in [0.05, 0.1) is 6.10 Å². The van der Waals surface area contributed by atoms with Gasteiger partial charge in [-0.2, -0.15) is 0 Å². The number of hydrogen-bond acceptors (Lipinski definition) is 3. The van der Waals surface area contributed by atoms with Crippen LogP contribution in [-0.2, 0) is 4.43 Å². The van der Waals surface area contributed by atoms with Gasteiger partial charge in [0.1, 0.15) is 0 Å². The topological polar surface area (TPSA) is 49.7 Å². The summed E-state index contributed by atoms with van der Waals surface area (Å²) >= 11 is 0. The minimum Gasteiger partial charge on any atom is -0.423 e. The van der Waals surface area contributed by atoms with E-state index in [9.17, 15) is 10.0 Å². The fraction of sp³-hybridized carbons (Fsp3) is 0.750. The Morgan fingerprint density at radius 2 is 1.86 bits per heavy atom. The maximum Gasteiger partial charge on any atom is 0.483 e. The summed E-state index contributed by atoms with van der Waals surface area (Å²) in [6.45, 7) is 16.7. The Labute approximate surface area is 132 Å². The van der Waals surface area contributed by atoms with Gasteiger partial charge < -0.3 is 14.5 Å². The molecular weight excluding hydrogens is 279 g/mol. The predicted octanol–water partition coefficient (Wildman–Crippen LogP) is 3.38. The van der Waals surface area contributed by atoms with E-state index >= 15 is 0 Å². The minimum atomic E-state index is -1.88. The maximum atomic E-state index is 9.22. The highest BCUT2D eigenvalue weighted by molar-refractivity contribution is 6.74. The summed E-state index contributed by atoms with van der Waals surface area (Å²) in [5.41, 5.74) is 0.552. The van der Waals surface area contributed by atoms with E-state index in [2.05, 4.69) is 45.7 Å². The highest BCUT2D eigenvalue weighted by Gasteiger charge is 2.39. The summed E-state index contributed by atoms with van der Waals surface area (Å²) < 4.78 is 6.48. The second-order valence-electron chi connectivity index (χ2n) is 7.19. The number of hydrogen-bond donors (Lipinski definition) is 2. The molecule has 0 bridgehead atoms. The van der Waals surface area contributed by atoms with E-state index in [1.54, 1.807) is 6.92 Å². The summed E-state index contributed by atoms with van der Waals surface area (Å²) in [6, 6.07) is 0. The monoisotopic (exact) mass is 310 g/mol. The quantitative estimate of drug-likeness (QED) is 0.584. The summed E-state index contributed by atoms with van der Waals surface area (Å²) in [5, 5.41) is 18.6. The first-order valence-electron chi connectivity index (χ1n) is 7.54. The Balaban J connectivity index is 5.20. The first-order valence-corrected chi connectivity index (χ1v) is 10.4. The number of rotatable bonds is 6. The molecule has 0 aliphatic rings. The highest BCUT2D eigenvalue weighted by Crippen LogP contribution is 2.38. The van der Waals surface area contributed by atoms with Crippen molar-refractivity contribution >= 4 is 15.4 Å². The molecule has 0 radical (unpaired) electrons. The molecule has 0 rings (SSSR count). The molecule has 0 heterocycles. The molecule has 21 heavy (non-hydrogen) atoms.